The predicted molar refractivity (Wildman–Crippen MR) is 110 cm³/mol. The maximum atomic E-state index is 13.4. The van der Waals surface area contributed by atoms with Crippen LogP contribution in [0.25, 0.3) is 15.5 Å². The molecule has 0 aliphatic carbocycles. The number of carbonyl (C=O) groups excluding carboxylic acids is 1. The number of thiazole rings is 2. The molecule has 0 radical (unpaired) electrons. The minimum absolute atomic E-state index is 0.0163. The maximum absolute atomic E-state index is 13.4. The van der Waals surface area contributed by atoms with Crippen molar-refractivity contribution in [3.63, 3.8) is 0 Å². The first-order valence-electron chi connectivity index (χ1n) is 8.79. The summed E-state index contributed by atoms with van der Waals surface area (Å²) in [6, 6.07) is 6.33. The number of likely N-dealkylation sites (N-methyl/N-ethyl adjacent to an activating group) is 1. The summed E-state index contributed by atoms with van der Waals surface area (Å²) >= 11 is 3.06. The van der Waals surface area contributed by atoms with Crippen LogP contribution in [0.3, 0.4) is 0 Å². The van der Waals surface area contributed by atoms with Crippen molar-refractivity contribution in [2.75, 3.05) is 7.05 Å². The summed E-state index contributed by atoms with van der Waals surface area (Å²) in [6.45, 7) is 4.50. The SMILES string of the molecule is Cc1cn2c(CN(C)C(=O)Cc3csc(-c4cccc(F)c4)n3)c(C)nc2s1. The highest BCUT2D eigenvalue weighted by atomic mass is 32.1. The van der Waals surface area contributed by atoms with Crippen molar-refractivity contribution in [3.8, 4) is 10.6 Å². The van der Waals surface area contributed by atoms with E-state index in [0.29, 0.717) is 17.2 Å². The zero-order valence-corrected chi connectivity index (χ0v) is 17.4. The average Bonchev–Trinajstić information content (AvgIpc) is 3.32. The van der Waals surface area contributed by atoms with E-state index in [1.165, 1.54) is 28.3 Å². The Morgan fingerprint density at radius 2 is 2.11 bits per heavy atom. The quantitative estimate of drug-likeness (QED) is 0.484. The van der Waals surface area contributed by atoms with Crippen molar-refractivity contribution >= 4 is 33.5 Å². The number of hydrogen-bond acceptors (Lipinski definition) is 5. The molecule has 144 valence electrons. The molecule has 0 unspecified atom stereocenters. The molecule has 4 aromatic rings. The molecule has 0 atom stereocenters. The van der Waals surface area contributed by atoms with E-state index < -0.39 is 0 Å². The monoisotopic (exact) mass is 414 g/mol. The number of halogens is 1. The third-order valence-corrected chi connectivity index (χ3v) is 6.35. The minimum Gasteiger partial charge on any atom is -0.340 e. The van der Waals surface area contributed by atoms with Crippen LogP contribution in [0, 0.1) is 19.7 Å². The molecule has 28 heavy (non-hydrogen) atoms. The van der Waals surface area contributed by atoms with E-state index in [0.717, 1.165) is 21.9 Å². The van der Waals surface area contributed by atoms with Crippen molar-refractivity contribution in [3.05, 3.63) is 63.6 Å². The Morgan fingerprint density at radius 3 is 2.89 bits per heavy atom. The third kappa shape index (κ3) is 3.70. The molecule has 0 fully saturated rings. The highest BCUT2D eigenvalue weighted by molar-refractivity contribution is 7.17. The lowest BCUT2D eigenvalue weighted by Gasteiger charge is -2.16. The molecular formula is C20H19FN4OS2. The highest BCUT2D eigenvalue weighted by Crippen LogP contribution is 2.25. The number of amides is 1. The van der Waals surface area contributed by atoms with E-state index in [1.54, 1.807) is 29.4 Å². The van der Waals surface area contributed by atoms with Crippen molar-refractivity contribution in [2.45, 2.75) is 26.8 Å². The second-order valence-corrected chi connectivity index (χ2v) is 8.79. The molecule has 0 N–H and O–H groups in total. The van der Waals surface area contributed by atoms with E-state index in [4.69, 9.17) is 0 Å². The predicted octanol–water partition coefficient (Wildman–Crippen LogP) is 4.48. The molecule has 3 heterocycles. The molecule has 5 nitrogen and oxygen atoms in total. The first-order chi connectivity index (χ1) is 13.4. The summed E-state index contributed by atoms with van der Waals surface area (Å²) < 4.78 is 15.5. The number of fused-ring (bicyclic) bond motifs is 1. The molecule has 1 aromatic carbocycles. The second-order valence-electron chi connectivity index (χ2n) is 6.72. The maximum Gasteiger partial charge on any atom is 0.228 e. The molecule has 0 spiro atoms. The lowest BCUT2D eigenvalue weighted by Crippen LogP contribution is -2.28. The van der Waals surface area contributed by atoms with Crippen molar-refractivity contribution in [2.24, 2.45) is 0 Å². The molecule has 0 saturated carbocycles. The van der Waals surface area contributed by atoms with Crippen LogP contribution in [0.4, 0.5) is 4.39 Å². The van der Waals surface area contributed by atoms with Crippen LogP contribution in [0.2, 0.25) is 0 Å². The van der Waals surface area contributed by atoms with Crippen molar-refractivity contribution in [1.82, 2.24) is 19.3 Å². The number of imidazole rings is 1. The standard InChI is InChI=1S/C20H19FN4OS2/c1-12-9-25-17(13(2)22-20(25)28-12)10-24(3)18(26)8-16-11-27-19(23-16)14-5-4-6-15(21)7-14/h4-7,9,11H,8,10H2,1-3H3. The fourth-order valence-electron chi connectivity index (χ4n) is 3.04. The number of carbonyl (C=O) groups is 1. The zero-order chi connectivity index (χ0) is 19.8. The normalized spacial score (nSPS) is 11.3. The van der Waals surface area contributed by atoms with Crippen LogP contribution in [0.1, 0.15) is 22.0 Å². The molecule has 8 heteroatoms. The van der Waals surface area contributed by atoms with Crippen LogP contribution in [-0.2, 0) is 17.8 Å². The van der Waals surface area contributed by atoms with E-state index in [1.807, 2.05) is 25.3 Å². The van der Waals surface area contributed by atoms with Gasteiger partial charge in [-0.2, -0.15) is 0 Å². The van der Waals surface area contributed by atoms with Crippen LogP contribution in [0.5, 0.6) is 0 Å². The number of nitrogens with zero attached hydrogens (tertiary/aromatic N) is 4. The van der Waals surface area contributed by atoms with Gasteiger partial charge in [-0.1, -0.05) is 12.1 Å². The third-order valence-electron chi connectivity index (χ3n) is 4.51. The van der Waals surface area contributed by atoms with Gasteiger partial charge >= 0.3 is 0 Å². The van der Waals surface area contributed by atoms with E-state index in [9.17, 15) is 9.18 Å². The van der Waals surface area contributed by atoms with Gasteiger partial charge in [0.25, 0.3) is 0 Å². The van der Waals surface area contributed by atoms with E-state index in [-0.39, 0.29) is 18.1 Å². The largest absolute Gasteiger partial charge is 0.340 e. The van der Waals surface area contributed by atoms with Gasteiger partial charge in [-0.05, 0) is 26.0 Å². The van der Waals surface area contributed by atoms with E-state index in [2.05, 4.69) is 20.6 Å². The summed E-state index contributed by atoms with van der Waals surface area (Å²) in [5.41, 5.74) is 3.38. The van der Waals surface area contributed by atoms with Gasteiger partial charge in [0, 0.05) is 29.1 Å². The minimum atomic E-state index is -0.295. The van der Waals surface area contributed by atoms with Crippen LogP contribution < -0.4 is 0 Å². The fraction of sp³-hybridized carbons (Fsp3) is 0.250. The Balaban J connectivity index is 1.47. The number of aromatic nitrogens is 3. The smallest absolute Gasteiger partial charge is 0.228 e. The van der Waals surface area contributed by atoms with Gasteiger partial charge in [-0.25, -0.2) is 14.4 Å². The first kappa shape index (κ1) is 18.8. The molecular weight excluding hydrogens is 395 g/mol. The summed E-state index contributed by atoms with van der Waals surface area (Å²) in [4.78, 5) is 25.6. The van der Waals surface area contributed by atoms with E-state index >= 15 is 0 Å². The second kappa shape index (κ2) is 7.44. The molecule has 1 amide bonds. The molecule has 4 rings (SSSR count). The van der Waals surface area contributed by atoms with Gasteiger partial charge in [-0.3, -0.25) is 9.20 Å². The zero-order valence-electron chi connectivity index (χ0n) is 15.8. The topological polar surface area (TPSA) is 50.5 Å². The average molecular weight is 415 g/mol. The van der Waals surface area contributed by atoms with Gasteiger partial charge in [-0.15, -0.1) is 22.7 Å². The summed E-state index contributed by atoms with van der Waals surface area (Å²) in [6.07, 6.45) is 2.27. The molecule has 0 aliphatic heterocycles. The molecule has 0 aliphatic rings. The Hall–Kier alpha value is -2.58. The summed E-state index contributed by atoms with van der Waals surface area (Å²) in [5.74, 6) is -0.311. The number of hydrogen-bond donors (Lipinski definition) is 0. The number of rotatable bonds is 5. The Kier molecular flexibility index (Phi) is 4.99. The highest BCUT2D eigenvalue weighted by Gasteiger charge is 2.18. The Labute approximate surface area is 170 Å². The van der Waals surface area contributed by atoms with Crippen LogP contribution in [0.15, 0.2) is 35.8 Å². The van der Waals surface area contributed by atoms with Gasteiger partial charge in [0.15, 0.2) is 4.96 Å². The molecule has 3 aromatic heterocycles. The summed E-state index contributed by atoms with van der Waals surface area (Å²) in [7, 11) is 1.79. The Bertz CT molecular complexity index is 1160. The van der Waals surface area contributed by atoms with Gasteiger partial charge in [0.05, 0.1) is 30.0 Å². The number of aryl methyl sites for hydroxylation is 2. The van der Waals surface area contributed by atoms with Gasteiger partial charge in [0.1, 0.15) is 10.8 Å². The number of benzene rings is 1. The van der Waals surface area contributed by atoms with Gasteiger partial charge in [0.2, 0.25) is 5.91 Å². The van der Waals surface area contributed by atoms with Crippen molar-refractivity contribution < 1.29 is 9.18 Å². The molecule has 0 bridgehead atoms. The lowest BCUT2D eigenvalue weighted by molar-refractivity contribution is -0.129. The molecule has 0 saturated heterocycles. The fourth-order valence-corrected chi connectivity index (χ4v) is 4.75. The van der Waals surface area contributed by atoms with Crippen LogP contribution in [-0.4, -0.2) is 32.2 Å². The van der Waals surface area contributed by atoms with Gasteiger partial charge < -0.3 is 4.90 Å². The Morgan fingerprint density at radius 1 is 1.29 bits per heavy atom. The van der Waals surface area contributed by atoms with Crippen LogP contribution >= 0.6 is 22.7 Å². The first-order valence-corrected chi connectivity index (χ1v) is 10.5. The lowest BCUT2D eigenvalue weighted by atomic mass is 10.2. The van der Waals surface area contributed by atoms with Crippen molar-refractivity contribution in [1.29, 1.82) is 0 Å². The summed E-state index contributed by atoms with van der Waals surface area (Å²) in [5, 5.41) is 2.57.